The number of carbonyl (C=O) groups excluding carboxylic acids is 1. The van der Waals surface area contributed by atoms with E-state index in [9.17, 15) is 9.59 Å². The van der Waals surface area contributed by atoms with Crippen LogP contribution in [0.4, 0.5) is 0 Å². The molecule has 0 aromatic carbocycles. The van der Waals surface area contributed by atoms with E-state index in [1.807, 2.05) is 20.8 Å². The van der Waals surface area contributed by atoms with E-state index in [1.54, 1.807) is 16.8 Å². The Labute approximate surface area is 161 Å². The van der Waals surface area contributed by atoms with E-state index in [4.69, 9.17) is 5.11 Å². The molecule has 0 aromatic heterocycles. The minimum absolute atomic E-state index is 0. The van der Waals surface area contributed by atoms with Gasteiger partial charge < -0.3 is 22.3 Å². The summed E-state index contributed by atoms with van der Waals surface area (Å²) in [6.45, 7) is 8.06. The van der Waals surface area contributed by atoms with Crippen LogP contribution in [-0.4, -0.2) is 51.5 Å². The first-order chi connectivity index (χ1) is 8.10. The summed E-state index contributed by atoms with van der Waals surface area (Å²) in [4.78, 5) is 26.5. The Morgan fingerprint density at radius 2 is 1.85 bits per heavy atom. The summed E-state index contributed by atoms with van der Waals surface area (Å²) in [6.07, 6.45) is -0.213. The largest absolute Gasteiger partial charge is 2.00 e. The summed E-state index contributed by atoms with van der Waals surface area (Å²) in [5.41, 5.74) is -0.333. The average Bonchev–Trinajstić information content (AvgIpc) is 2.32. The number of carboxylic acids is 1. The van der Waals surface area contributed by atoms with Gasteiger partial charge in [0.25, 0.3) is 0 Å². The molecule has 0 radical (unpaired) electrons. The van der Waals surface area contributed by atoms with Crippen LogP contribution in [0.2, 0.25) is 0 Å². The molecule has 1 heterocycles. The summed E-state index contributed by atoms with van der Waals surface area (Å²) < 4.78 is 0. The zero-order chi connectivity index (χ0) is 14.2. The maximum absolute atomic E-state index is 12.3. The fourth-order valence-corrected chi connectivity index (χ4v) is 2.52. The Bertz CT molecular complexity index is 360. The zero-order valence-corrected chi connectivity index (χ0v) is 14.8. The first-order valence-corrected chi connectivity index (χ1v) is 6.19. The molecule has 0 aromatic rings. The van der Waals surface area contributed by atoms with E-state index in [2.05, 4.69) is 14.0 Å². The minimum Gasteiger partial charge on any atom is -0.481 e. The number of rotatable bonds is 2. The van der Waals surface area contributed by atoms with Crippen LogP contribution < -0.4 is 0 Å². The molecular weight excluding hydrogens is 417 g/mol. The SMILES string of the molecule is [CH2-]N1C(CC(=O)O)C(=O)N(C)C(C)C(C)C1(C)C.[CH3-].[Yb+2]. The van der Waals surface area contributed by atoms with Crippen LogP contribution in [0, 0.1) is 67.3 Å². The van der Waals surface area contributed by atoms with Crippen LogP contribution in [0.25, 0.3) is 0 Å². The van der Waals surface area contributed by atoms with Crippen LogP contribution in [0.15, 0.2) is 0 Å². The van der Waals surface area contributed by atoms with Crippen molar-refractivity contribution in [1.29, 1.82) is 0 Å². The van der Waals surface area contributed by atoms with Gasteiger partial charge in [-0.3, -0.25) is 16.6 Å². The number of amides is 1. The number of hydrogen-bond acceptors (Lipinski definition) is 3. The Balaban J connectivity index is 0. The van der Waals surface area contributed by atoms with Gasteiger partial charge in [0.1, 0.15) is 0 Å². The number of carbonyl (C=O) groups is 2. The summed E-state index contributed by atoms with van der Waals surface area (Å²) in [5, 5.41) is 8.96. The predicted octanol–water partition coefficient (Wildman–Crippen LogP) is 1.65. The topological polar surface area (TPSA) is 60.9 Å². The van der Waals surface area contributed by atoms with Crippen molar-refractivity contribution in [3.05, 3.63) is 14.5 Å². The Kier molecular flexibility index (Phi) is 9.26. The summed E-state index contributed by atoms with van der Waals surface area (Å²) in [5.74, 6) is -0.950. The fourth-order valence-electron chi connectivity index (χ4n) is 2.52. The van der Waals surface area contributed by atoms with Crippen molar-refractivity contribution >= 4 is 11.9 Å². The van der Waals surface area contributed by atoms with Gasteiger partial charge in [-0.15, -0.1) is 0 Å². The number of aliphatic carboxylic acids is 1. The minimum atomic E-state index is -0.978. The molecule has 124 valence electrons. The smallest absolute Gasteiger partial charge is 0.481 e. The molecule has 1 rings (SSSR count). The maximum Gasteiger partial charge on any atom is 2.00 e. The molecule has 5 nitrogen and oxygen atoms in total. The molecule has 1 aliphatic rings. The Morgan fingerprint density at radius 1 is 1.40 bits per heavy atom. The Hall–Kier alpha value is 0.419. The van der Waals surface area contributed by atoms with Gasteiger partial charge in [0, 0.05) is 13.1 Å². The van der Waals surface area contributed by atoms with Gasteiger partial charge in [-0.2, -0.15) is 0 Å². The van der Waals surface area contributed by atoms with E-state index in [1.165, 1.54) is 0 Å². The van der Waals surface area contributed by atoms with Crippen molar-refractivity contribution in [3.8, 4) is 0 Å². The molecule has 3 atom stereocenters. The molecular formula is C14H26N2O3Yb. The van der Waals surface area contributed by atoms with Gasteiger partial charge in [0.15, 0.2) is 0 Å². The van der Waals surface area contributed by atoms with Crippen molar-refractivity contribution < 1.29 is 61.6 Å². The molecule has 6 heteroatoms. The molecule has 1 amide bonds. The van der Waals surface area contributed by atoms with Gasteiger partial charge in [-0.25, -0.2) is 0 Å². The van der Waals surface area contributed by atoms with Crippen LogP contribution in [0.1, 0.15) is 34.1 Å². The standard InChI is InChI=1S/C13H23N2O3.CH3.Yb/c1-8-9(2)14(5)12(18)10(7-11(16)17)15(6)13(8,3)4;;/h8-10H,6-7H2,1-5H3,(H,16,17);1H3;/q2*-1;+2. The van der Waals surface area contributed by atoms with Crippen LogP contribution >= 0.6 is 0 Å². The second-order valence-electron chi connectivity index (χ2n) is 5.72. The van der Waals surface area contributed by atoms with Crippen LogP contribution in [0.5, 0.6) is 0 Å². The van der Waals surface area contributed by atoms with Gasteiger partial charge in [0.2, 0.25) is 5.91 Å². The van der Waals surface area contributed by atoms with Crippen molar-refractivity contribution in [3.63, 3.8) is 0 Å². The van der Waals surface area contributed by atoms with Crippen molar-refractivity contribution in [2.24, 2.45) is 5.92 Å². The maximum atomic E-state index is 12.3. The normalized spacial score (nSPS) is 30.0. The molecule has 0 aliphatic carbocycles. The van der Waals surface area contributed by atoms with Crippen molar-refractivity contribution in [2.45, 2.75) is 51.7 Å². The van der Waals surface area contributed by atoms with Crippen molar-refractivity contribution in [2.75, 3.05) is 7.05 Å². The molecule has 0 bridgehead atoms. The molecule has 0 saturated carbocycles. The second kappa shape index (κ2) is 8.16. The summed E-state index contributed by atoms with van der Waals surface area (Å²) in [6, 6.07) is -0.648. The molecule has 1 N–H and O–H groups in total. The molecule has 3 unspecified atom stereocenters. The van der Waals surface area contributed by atoms with Gasteiger partial charge in [0.05, 0.1) is 12.5 Å². The zero-order valence-electron chi connectivity index (χ0n) is 13.1. The van der Waals surface area contributed by atoms with Crippen LogP contribution in [0.3, 0.4) is 0 Å². The number of hydrogen-bond donors (Lipinski definition) is 1. The third kappa shape index (κ3) is 4.21. The van der Waals surface area contributed by atoms with E-state index < -0.39 is 12.0 Å². The number of nitrogens with zero attached hydrogens (tertiary/aromatic N) is 2. The quantitative estimate of drug-likeness (QED) is 0.660. The molecule has 1 fully saturated rings. The molecule has 0 spiro atoms. The van der Waals surface area contributed by atoms with Gasteiger partial charge in [-0.1, -0.05) is 6.92 Å². The number of carboxylic acid groups (broad SMARTS) is 1. The number of likely N-dealkylation sites (N-methyl/N-ethyl adjacent to an activating group) is 1. The second-order valence-corrected chi connectivity index (χ2v) is 5.72. The predicted molar refractivity (Wildman–Crippen MR) is 75.1 cm³/mol. The molecule has 1 aliphatic heterocycles. The van der Waals surface area contributed by atoms with Crippen molar-refractivity contribution in [1.82, 2.24) is 9.80 Å². The van der Waals surface area contributed by atoms with E-state index in [0.717, 1.165) is 0 Å². The molecule has 20 heavy (non-hydrogen) atoms. The van der Waals surface area contributed by atoms with Crippen LogP contribution in [-0.2, 0) is 9.59 Å². The third-order valence-electron chi connectivity index (χ3n) is 4.57. The monoisotopic (exact) mass is 444 g/mol. The summed E-state index contributed by atoms with van der Waals surface area (Å²) in [7, 11) is 5.67. The third-order valence-corrected chi connectivity index (χ3v) is 4.57. The fraction of sp³-hybridized carbons (Fsp3) is 0.714. The van der Waals surface area contributed by atoms with Gasteiger partial charge in [-0.05, 0) is 32.2 Å². The van der Waals surface area contributed by atoms with E-state index >= 15 is 0 Å². The first-order valence-electron chi connectivity index (χ1n) is 6.19. The van der Waals surface area contributed by atoms with E-state index in [-0.39, 0.29) is 84.2 Å². The summed E-state index contributed by atoms with van der Waals surface area (Å²) >= 11 is 0. The molecule has 1 saturated heterocycles. The Morgan fingerprint density at radius 3 is 2.25 bits per heavy atom. The van der Waals surface area contributed by atoms with E-state index in [0.29, 0.717) is 0 Å². The average molecular weight is 443 g/mol. The van der Waals surface area contributed by atoms with Gasteiger partial charge >= 0.3 is 52.9 Å². The first kappa shape index (κ1) is 22.7.